The molecule has 0 atom stereocenters. The third-order valence-electron chi connectivity index (χ3n) is 4.65. The van der Waals surface area contributed by atoms with Gasteiger partial charge < -0.3 is 20.3 Å². The summed E-state index contributed by atoms with van der Waals surface area (Å²) in [5.41, 5.74) is 2.65. The Morgan fingerprint density at radius 3 is 2.22 bits per heavy atom. The van der Waals surface area contributed by atoms with Crippen molar-refractivity contribution in [2.24, 2.45) is 0 Å². The van der Waals surface area contributed by atoms with Crippen LogP contribution in [0, 0.1) is 0 Å². The summed E-state index contributed by atoms with van der Waals surface area (Å²) in [5.74, 6) is 0.683. The van der Waals surface area contributed by atoms with Crippen molar-refractivity contribution in [2.75, 3.05) is 14.2 Å². The summed E-state index contributed by atoms with van der Waals surface area (Å²) in [6, 6.07) is 15.2. The first kappa shape index (κ1) is 18.8. The van der Waals surface area contributed by atoms with Gasteiger partial charge in [0, 0.05) is 31.7 Å². The first-order valence-electron chi connectivity index (χ1n) is 9.09. The average molecular weight is 367 g/mol. The lowest BCUT2D eigenvalue weighted by molar-refractivity contribution is 0.0963. The van der Waals surface area contributed by atoms with Gasteiger partial charge in [-0.05, 0) is 48.2 Å². The highest BCUT2D eigenvalue weighted by Crippen LogP contribution is 2.28. The molecule has 3 rings (SSSR count). The van der Waals surface area contributed by atoms with Crippen LogP contribution < -0.4 is 15.4 Å². The molecule has 0 saturated heterocycles. The van der Waals surface area contributed by atoms with Crippen molar-refractivity contribution in [3.63, 3.8) is 0 Å². The molecule has 1 aliphatic carbocycles. The van der Waals surface area contributed by atoms with Crippen LogP contribution in [0.25, 0.3) is 0 Å². The molecule has 142 valence electrons. The van der Waals surface area contributed by atoms with Crippen molar-refractivity contribution >= 4 is 11.9 Å². The Hall–Kier alpha value is -3.02. The maximum atomic E-state index is 12.7. The first-order chi connectivity index (χ1) is 13.1. The van der Waals surface area contributed by atoms with Crippen LogP contribution >= 0.6 is 0 Å². The van der Waals surface area contributed by atoms with E-state index < -0.39 is 0 Å². The standard InChI is InChI=1S/C21H25N3O3/c1-22-20(25)17-7-3-16(4-8-17)14-24(18-9-10-18)21(26)23-13-15-5-11-19(27-2)12-6-15/h3-8,11-12,18H,9-10,13-14H2,1-2H3,(H,22,25)(H,23,26). The van der Waals surface area contributed by atoms with Gasteiger partial charge in [-0.25, -0.2) is 4.79 Å². The maximum Gasteiger partial charge on any atom is 0.318 e. The molecule has 0 heterocycles. The molecule has 6 heteroatoms. The van der Waals surface area contributed by atoms with Crippen molar-refractivity contribution in [1.82, 2.24) is 15.5 Å². The van der Waals surface area contributed by atoms with Crippen molar-refractivity contribution in [3.05, 3.63) is 65.2 Å². The normalized spacial score (nSPS) is 13.0. The van der Waals surface area contributed by atoms with Crippen LogP contribution in [0.15, 0.2) is 48.5 Å². The molecule has 27 heavy (non-hydrogen) atoms. The van der Waals surface area contributed by atoms with Gasteiger partial charge in [0.1, 0.15) is 5.75 Å². The molecule has 2 aromatic carbocycles. The quantitative estimate of drug-likeness (QED) is 0.790. The number of carbonyl (C=O) groups is 2. The van der Waals surface area contributed by atoms with E-state index in [0.717, 1.165) is 29.7 Å². The van der Waals surface area contributed by atoms with Crippen molar-refractivity contribution in [3.8, 4) is 5.75 Å². The summed E-state index contributed by atoms with van der Waals surface area (Å²) in [6.07, 6.45) is 2.07. The Labute approximate surface area is 159 Å². The Morgan fingerprint density at radius 2 is 1.67 bits per heavy atom. The molecular formula is C21H25N3O3. The number of urea groups is 1. The van der Waals surface area contributed by atoms with Crippen molar-refractivity contribution in [2.45, 2.75) is 32.0 Å². The number of hydrogen-bond acceptors (Lipinski definition) is 3. The van der Waals surface area contributed by atoms with Crippen molar-refractivity contribution < 1.29 is 14.3 Å². The fourth-order valence-electron chi connectivity index (χ4n) is 2.88. The molecule has 0 bridgehead atoms. The molecule has 0 radical (unpaired) electrons. The molecule has 1 fully saturated rings. The zero-order chi connectivity index (χ0) is 19.2. The molecule has 3 amide bonds. The minimum atomic E-state index is -0.113. The lowest BCUT2D eigenvalue weighted by atomic mass is 10.1. The minimum Gasteiger partial charge on any atom is -0.497 e. The number of ether oxygens (including phenoxy) is 1. The van der Waals surface area contributed by atoms with E-state index in [1.165, 1.54) is 0 Å². The van der Waals surface area contributed by atoms with Gasteiger partial charge in [-0.15, -0.1) is 0 Å². The maximum absolute atomic E-state index is 12.7. The van der Waals surface area contributed by atoms with Gasteiger partial charge >= 0.3 is 6.03 Å². The van der Waals surface area contributed by atoms with E-state index in [0.29, 0.717) is 24.7 Å². The summed E-state index contributed by atoms with van der Waals surface area (Å²) in [6.45, 7) is 1.01. The largest absolute Gasteiger partial charge is 0.497 e. The second kappa shape index (κ2) is 8.58. The van der Waals surface area contributed by atoms with Gasteiger partial charge in [-0.3, -0.25) is 4.79 Å². The number of nitrogens with one attached hydrogen (secondary N) is 2. The monoisotopic (exact) mass is 367 g/mol. The number of rotatable bonds is 7. The highest BCUT2D eigenvalue weighted by atomic mass is 16.5. The highest BCUT2D eigenvalue weighted by molar-refractivity contribution is 5.93. The number of hydrogen-bond donors (Lipinski definition) is 2. The third kappa shape index (κ3) is 5.00. The summed E-state index contributed by atoms with van der Waals surface area (Å²) < 4.78 is 5.15. The number of methoxy groups -OCH3 is 1. The van der Waals surface area contributed by atoms with Crippen LogP contribution in [-0.2, 0) is 13.1 Å². The van der Waals surface area contributed by atoms with E-state index in [1.54, 1.807) is 26.3 Å². The van der Waals surface area contributed by atoms with E-state index in [2.05, 4.69) is 10.6 Å². The minimum absolute atomic E-state index is 0.0660. The van der Waals surface area contributed by atoms with E-state index in [1.807, 2.05) is 41.3 Å². The summed E-state index contributed by atoms with van der Waals surface area (Å²) in [7, 11) is 3.24. The van der Waals surface area contributed by atoms with Crippen LogP contribution in [0.2, 0.25) is 0 Å². The van der Waals surface area contributed by atoms with E-state index >= 15 is 0 Å². The fourth-order valence-corrected chi connectivity index (χ4v) is 2.88. The predicted octanol–water partition coefficient (Wildman–Crippen LogP) is 2.93. The lowest BCUT2D eigenvalue weighted by Gasteiger charge is -2.23. The van der Waals surface area contributed by atoms with Gasteiger partial charge in [0.2, 0.25) is 0 Å². The molecular weight excluding hydrogens is 342 g/mol. The second-order valence-electron chi connectivity index (χ2n) is 6.64. The summed E-state index contributed by atoms with van der Waals surface area (Å²) in [5, 5.41) is 5.60. The SMILES string of the molecule is CNC(=O)c1ccc(CN(C(=O)NCc2ccc(OC)cc2)C2CC2)cc1. The zero-order valence-corrected chi connectivity index (χ0v) is 15.7. The first-order valence-corrected chi connectivity index (χ1v) is 9.09. The molecule has 0 spiro atoms. The van der Waals surface area contributed by atoms with E-state index in [-0.39, 0.29) is 11.9 Å². The molecule has 2 aromatic rings. The molecule has 2 N–H and O–H groups in total. The van der Waals surface area contributed by atoms with Gasteiger partial charge in [0.05, 0.1) is 7.11 Å². The molecule has 0 aromatic heterocycles. The number of carbonyl (C=O) groups excluding carboxylic acids is 2. The van der Waals surface area contributed by atoms with E-state index in [4.69, 9.17) is 4.74 Å². The topological polar surface area (TPSA) is 70.7 Å². The zero-order valence-electron chi connectivity index (χ0n) is 15.7. The van der Waals surface area contributed by atoms with Gasteiger partial charge in [0.15, 0.2) is 0 Å². The smallest absolute Gasteiger partial charge is 0.318 e. The lowest BCUT2D eigenvalue weighted by Crippen LogP contribution is -2.40. The van der Waals surface area contributed by atoms with Gasteiger partial charge in [-0.2, -0.15) is 0 Å². The average Bonchev–Trinajstić information content (AvgIpc) is 3.55. The van der Waals surface area contributed by atoms with Crippen LogP contribution in [0.5, 0.6) is 5.75 Å². The number of benzene rings is 2. The Bertz CT molecular complexity index is 783. The van der Waals surface area contributed by atoms with Crippen LogP contribution in [0.3, 0.4) is 0 Å². The van der Waals surface area contributed by atoms with Gasteiger partial charge in [-0.1, -0.05) is 24.3 Å². The van der Waals surface area contributed by atoms with Crippen LogP contribution in [0.1, 0.15) is 34.3 Å². The van der Waals surface area contributed by atoms with E-state index in [9.17, 15) is 9.59 Å². The van der Waals surface area contributed by atoms with Crippen LogP contribution in [0.4, 0.5) is 4.79 Å². The van der Waals surface area contributed by atoms with Crippen molar-refractivity contribution in [1.29, 1.82) is 0 Å². The fraction of sp³-hybridized carbons (Fsp3) is 0.333. The molecule has 6 nitrogen and oxygen atoms in total. The summed E-state index contributed by atoms with van der Waals surface area (Å²) >= 11 is 0. The van der Waals surface area contributed by atoms with Gasteiger partial charge in [0.25, 0.3) is 5.91 Å². The Balaban J connectivity index is 1.59. The second-order valence-corrected chi connectivity index (χ2v) is 6.64. The number of nitrogens with zero attached hydrogens (tertiary/aromatic N) is 1. The molecule has 0 unspecified atom stereocenters. The highest BCUT2D eigenvalue weighted by Gasteiger charge is 2.32. The molecule has 0 aliphatic heterocycles. The molecule has 1 saturated carbocycles. The predicted molar refractivity (Wildman–Crippen MR) is 104 cm³/mol. The Kier molecular flexibility index (Phi) is 5.96. The molecule has 1 aliphatic rings. The Morgan fingerprint density at radius 1 is 1.04 bits per heavy atom. The third-order valence-corrected chi connectivity index (χ3v) is 4.65. The number of amides is 3. The van der Waals surface area contributed by atoms with Crippen LogP contribution in [-0.4, -0.2) is 37.0 Å². The summed E-state index contributed by atoms with van der Waals surface area (Å²) in [4.78, 5) is 26.2.